The Kier molecular flexibility index (Phi) is 3.17. The van der Waals surface area contributed by atoms with E-state index in [1.54, 1.807) is 10.6 Å². The molecule has 1 saturated heterocycles. The number of ether oxygens (including phenoxy) is 1. The van der Waals surface area contributed by atoms with E-state index in [1.165, 1.54) is 6.33 Å². The Hall–Kier alpha value is -1.22. The maximum Gasteiger partial charge on any atom is 0.162 e. The molecule has 4 N–H and O–H groups in total. The molecule has 1 fully saturated rings. The summed E-state index contributed by atoms with van der Waals surface area (Å²) in [6.07, 6.45) is 0.0707. The van der Waals surface area contributed by atoms with Crippen molar-refractivity contribution in [3.05, 3.63) is 17.0 Å². The van der Waals surface area contributed by atoms with Crippen LogP contribution in [0.1, 0.15) is 12.6 Å². The van der Waals surface area contributed by atoms with Crippen molar-refractivity contribution in [1.29, 1.82) is 0 Å². The van der Waals surface area contributed by atoms with Gasteiger partial charge in [0.1, 0.15) is 23.9 Å². The zero-order valence-electron chi connectivity index (χ0n) is 9.90. The van der Waals surface area contributed by atoms with E-state index in [2.05, 4.69) is 25.9 Å². The summed E-state index contributed by atoms with van der Waals surface area (Å²) in [5.74, 6) is 0.371. The third-order valence-corrected chi connectivity index (χ3v) is 3.85. The summed E-state index contributed by atoms with van der Waals surface area (Å²) < 4.78 is 8.04. The molecule has 102 valence electrons. The molecule has 2 aromatic heterocycles. The highest BCUT2D eigenvalue weighted by Crippen LogP contribution is 2.36. The first kappa shape index (κ1) is 12.8. The van der Waals surface area contributed by atoms with Gasteiger partial charge in [-0.25, -0.2) is 9.97 Å². The zero-order valence-corrected chi connectivity index (χ0v) is 11.5. The number of hydrogen-bond acceptors (Lipinski definition) is 6. The molecule has 0 aliphatic carbocycles. The van der Waals surface area contributed by atoms with E-state index in [-0.39, 0.29) is 12.7 Å². The molecule has 3 atom stereocenters. The van der Waals surface area contributed by atoms with E-state index in [9.17, 15) is 5.11 Å². The predicted octanol–water partition coefficient (Wildman–Crippen LogP) is 0.417. The number of anilines is 1. The molecule has 0 saturated carbocycles. The van der Waals surface area contributed by atoms with Crippen LogP contribution in [0.3, 0.4) is 0 Å². The minimum Gasteiger partial charge on any atom is -0.394 e. The van der Waals surface area contributed by atoms with Crippen LogP contribution in [0.15, 0.2) is 17.0 Å². The lowest BCUT2D eigenvalue weighted by atomic mass is 10.2. The summed E-state index contributed by atoms with van der Waals surface area (Å²) in [6.45, 7) is -0.124. The number of aliphatic hydroxyl groups is 2. The largest absolute Gasteiger partial charge is 0.394 e. The van der Waals surface area contributed by atoms with Crippen LogP contribution in [0.5, 0.6) is 0 Å². The lowest BCUT2D eigenvalue weighted by Gasteiger charge is -2.18. The average molecular weight is 329 g/mol. The van der Waals surface area contributed by atoms with Gasteiger partial charge in [0.2, 0.25) is 0 Å². The molecule has 1 unspecified atom stereocenters. The Morgan fingerprint density at radius 2 is 2.32 bits per heavy atom. The molecule has 19 heavy (non-hydrogen) atoms. The molecule has 1 aliphatic rings. The van der Waals surface area contributed by atoms with Crippen LogP contribution in [-0.2, 0) is 4.74 Å². The van der Waals surface area contributed by atoms with Crippen LogP contribution in [0.2, 0.25) is 0 Å². The van der Waals surface area contributed by atoms with Crippen molar-refractivity contribution in [3.8, 4) is 0 Å². The Morgan fingerprint density at radius 1 is 1.53 bits per heavy atom. The van der Waals surface area contributed by atoms with Crippen LogP contribution < -0.4 is 5.73 Å². The Morgan fingerprint density at radius 3 is 3.00 bits per heavy atom. The summed E-state index contributed by atoms with van der Waals surface area (Å²) >= 11 is 3.41. The summed E-state index contributed by atoms with van der Waals surface area (Å²) in [7, 11) is 0. The fourth-order valence-corrected chi connectivity index (χ4v) is 2.94. The first-order valence-corrected chi connectivity index (χ1v) is 6.62. The molecule has 0 spiro atoms. The second kappa shape index (κ2) is 4.71. The standard InChI is InChI=1S/C11H13BrN4O3/c12-8-2-6-9(13)14-4-15-10(6)16(8)11-7(18)1-5(3-17)19-11/h2,4-5,7,11,17-18H,1,3H2,(H2,13,14,15)/t5-,7+,11?/m0/s1. The highest BCUT2D eigenvalue weighted by atomic mass is 79.9. The van der Waals surface area contributed by atoms with Gasteiger partial charge in [-0.3, -0.25) is 4.57 Å². The van der Waals surface area contributed by atoms with Gasteiger partial charge in [-0.15, -0.1) is 0 Å². The lowest BCUT2D eigenvalue weighted by Crippen LogP contribution is -2.20. The first-order valence-electron chi connectivity index (χ1n) is 5.83. The zero-order chi connectivity index (χ0) is 13.6. The fraction of sp³-hybridized carbons (Fsp3) is 0.455. The molecule has 3 heterocycles. The topological polar surface area (TPSA) is 106 Å². The predicted molar refractivity (Wildman–Crippen MR) is 71.3 cm³/mol. The average Bonchev–Trinajstić information content (AvgIpc) is 2.90. The molecular weight excluding hydrogens is 316 g/mol. The van der Waals surface area contributed by atoms with E-state index in [0.29, 0.717) is 27.9 Å². The number of rotatable bonds is 2. The van der Waals surface area contributed by atoms with Gasteiger partial charge in [-0.05, 0) is 22.0 Å². The summed E-state index contributed by atoms with van der Waals surface area (Å²) in [5, 5.41) is 19.9. The van der Waals surface area contributed by atoms with E-state index >= 15 is 0 Å². The van der Waals surface area contributed by atoms with Crippen molar-refractivity contribution >= 4 is 32.8 Å². The fourth-order valence-electron chi connectivity index (χ4n) is 2.34. The van der Waals surface area contributed by atoms with Crippen molar-refractivity contribution in [3.63, 3.8) is 0 Å². The lowest BCUT2D eigenvalue weighted by molar-refractivity contribution is -0.0494. The smallest absolute Gasteiger partial charge is 0.162 e. The summed E-state index contributed by atoms with van der Waals surface area (Å²) in [4.78, 5) is 8.11. The Bertz CT molecular complexity index is 617. The molecule has 7 nitrogen and oxygen atoms in total. The number of aliphatic hydroxyl groups excluding tert-OH is 2. The highest BCUT2D eigenvalue weighted by molar-refractivity contribution is 9.10. The SMILES string of the molecule is Nc1ncnc2c1cc(Br)n2C1O[C@H](CO)C[C@H]1O. The van der Waals surface area contributed by atoms with Crippen molar-refractivity contribution < 1.29 is 14.9 Å². The van der Waals surface area contributed by atoms with Crippen molar-refractivity contribution in [2.45, 2.75) is 24.9 Å². The van der Waals surface area contributed by atoms with Gasteiger partial charge in [0.15, 0.2) is 6.23 Å². The number of halogens is 1. The molecular formula is C11H13BrN4O3. The minimum atomic E-state index is -0.708. The van der Waals surface area contributed by atoms with E-state index in [4.69, 9.17) is 15.6 Å². The maximum absolute atomic E-state index is 10.1. The molecule has 2 aromatic rings. The number of nitrogen functional groups attached to an aromatic ring is 1. The maximum atomic E-state index is 10.1. The number of aromatic nitrogens is 3. The molecule has 8 heteroatoms. The second-order valence-corrected chi connectivity index (χ2v) is 5.28. The van der Waals surface area contributed by atoms with Gasteiger partial charge >= 0.3 is 0 Å². The van der Waals surface area contributed by atoms with Crippen LogP contribution in [-0.4, -0.2) is 43.6 Å². The highest BCUT2D eigenvalue weighted by Gasteiger charge is 2.36. The van der Waals surface area contributed by atoms with Crippen LogP contribution in [0.25, 0.3) is 11.0 Å². The van der Waals surface area contributed by atoms with Crippen molar-refractivity contribution in [2.75, 3.05) is 12.3 Å². The third kappa shape index (κ3) is 2.00. The molecule has 0 aromatic carbocycles. The summed E-state index contributed by atoms with van der Waals surface area (Å²) in [5.41, 5.74) is 6.38. The van der Waals surface area contributed by atoms with Gasteiger partial charge < -0.3 is 20.7 Å². The Labute approximate surface area is 117 Å². The van der Waals surface area contributed by atoms with Crippen LogP contribution in [0, 0.1) is 0 Å². The van der Waals surface area contributed by atoms with Gasteiger partial charge in [0.25, 0.3) is 0 Å². The van der Waals surface area contributed by atoms with E-state index in [0.717, 1.165) is 0 Å². The van der Waals surface area contributed by atoms with Gasteiger partial charge in [0.05, 0.1) is 22.7 Å². The number of nitrogens with zero attached hydrogens (tertiary/aromatic N) is 3. The van der Waals surface area contributed by atoms with Crippen LogP contribution >= 0.6 is 15.9 Å². The normalized spacial score (nSPS) is 27.2. The first-order chi connectivity index (χ1) is 9.11. The molecule has 0 bridgehead atoms. The Balaban J connectivity index is 2.10. The number of nitrogens with two attached hydrogens (primary N) is 1. The second-order valence-electron chi connectivity index (χ2n) is 4.47. The molecule has 1 aliphatic heterocycles. The molecule has 0 radical (unpaired) electrons. The van der Waals surface area contributed by atoms with Crippen molar-refractivity contribution in [1.82, 2.24) is 14.5 Å². The molecule has 3 rings (SSSR count). The quantitative estimate of drug-likeness (QED) is 0.737. The number of hydrogen-bond donors (Lipinski definition) is 3. The summed E-state index contributed by atoms with van der Waals surface area (Å²) in [6, 6.07) is 1.78. The third-order valence-electron chi connectivity index (χ3n) is 3.24. The van der Waals surface area contributed by atoms with Gasteiger partial charge in [0, 0.05) is 6.42 Å². The van der Waals surface area contributed by atoms with E-state index in [1.807, 2.05) is 0 Å². The monoisotopic (exact) mass is 328 g/mol. The van der Waals surface area contributed by atoms with Gasteiger partial charge in [-0.1, -0.05) is 0 Å². The van der Waals surface area contributed by atoms with Gasteiger partial charge in [-0.2, -0.15) is 0 Å². The minimum absolute atomic E-state index is 0.124. The van der Waals surface area contributed by atoms with E-state index < -0.39 is 12.3 Å². The molecule has 0 amide bonds. The number of fused-ring (bicyclic) bond motifs is 1. The van der Waals surface area contributed by atoms with Crippen molar-refractivity contribution in [2.24, 2.45) is 0 Å². The van der Waals surface area contributed by atoms with Crippen LogP contribution in [0.4, 0.5) is 5.82 Å².